The Morgan fingerprint density at radius 3 is 2.60 bits per heavy atom. The van der Waals surface area contributed by atoms with Crippen LogP contribution in [-0.4, -0.2) is 11.2 Å². The maximum absolute atomic E-state index is 9.66. The van der Waals surface area contributed by atoms with Crippen LogP contribution in [0.3, 0.4) is 0 Å². The molecule has 0 radical (unpaired) electrons. The summed E-state index contributed by atoms with van der Waals surface area (Å²) < 4.78 is 0. The van der Waals surface area contributed by atoms with Gasteiger partial charge in [0, 0.05) is 0 Å². The van der Waals surface area contributed by atoms with E-state index in [-0.39, 0.29) is 6.10 Å². The molecule has 84 valence electrons. The molecule has 1 N–H and O–H groups in total. The van der Waals surface area contributed by atoms with Crippen LogP contribution in [0.2, 0.25) is 0 Å². The van der Waals surface area contributed by atoms with Gasteiger partial charge in [0.25, 0.3) is 0 Å². The average molecular weight is 206 g/mol. The molecule has 0 fully saturated rings. The van der Waals surface area contributed by atoms with Crippen LogP contribution in [0.25, 0.3) is 0 Å². The molecule has 1 nitrogen and oxygen atoms in total. The summed E-state index contributed by atoms with van der Waals surface area (Å²) >= 11 is 0. The maximum atomic E-state index is 9.66. The van der Waals surface area contributed by atoms with E-state index in [1.165, 1.54) is 11.1 Å². The van der Waals surface area contributed by atoms with Gasteiger partial charge in [-0.05, 0) is 37.7 Å². The third kappa shape index (κ3) is 4.48. The molecule has 1 unspecified atom stereocenters. The number of benzene rings is 1. The predicted molar refractivity (Wildman–Crippen MR) is 65.0 cm³/mol. The zero-order chi connectivity index (χ0) is 11.3. The summed E-state index contributed by atoms with van der Waals surface area (Å²) in [5.41, 5.74) is 2.70. The lowest BCUT2D eigenvalue weighted by atomic mass is 9.99. The van der Waals surface area contributed by atoms with E-state index in [1.54, 1.807) is 0 Å². The van der Waals surface area contributed by atoms with Gasteiger partial charge in [-0.2, -0.15) is 0 Å². The Morgan fingerprint density at radius 2 is 2.00 bits per heavy atom. The minimum Gasteiger partial charge on any atom is -0.393 e. The first-order valence-corrected chi connectivity index (χ1v) is 5.83. The summed E-state index contributed by atoms with van der Waals surface area (Å²) in [6, 6.07) is 8.60. The second-order valence-corrected chi connectivity index (χ2v) is 4.69. The Morgan fingerprint density at radius 1 is 1.27 bits per heavy atom. The van der Waals surface area contributed by atoms with Crippen molar-refractivity contribution in [3.63, 3.8) is 0 Å². The van der Waals surface area contributed by atoms with Gasteiger partial charge in [0.15, 0.2) is 0 Å². The van der Waals surface area contributed by atoms with Crippen molar-refractivity contribution >= 4 is 0 Å². The summed E-state index contributed by atoms with van der Waals surface area (Å²) in [5.74, 6) is 0.377. The predicted octanol–water partition coefficient (Wildman–Crippen LogP) is 3.33. The molecule has 15 heavy (non-hydrogen) atoms. The van der Waals surface area contributed by atoms with Crippen LogP contribution in [0.15, 0.2) is 24.3 Å². The summed E-state index contributed by atoms with van der Waals surface area (Å²) in [4.78, 5) is 0. The fraction of sp³-hybridized carbons (Fsp3) is 0.571. The Kier molecular flexibility index (Phi) is 4.83. The first-order chi connectivity index (χ1) is 7.09. The quantitative estimate of drug-likeness (QED) is 0.783. The highest BCUT2D eigenvalue weighted by Gasteiger charge is 2.08. The zero-order valence-corrected chi connectivity index (χ0v) is 10.0. The largest absolute Gasteiger partial charge is 0.393 e. The van der Waals surface area contributed by atoms with Gasteiger partial charge in [-0.15, -0.1) is 0 Å². The Hall–Kier alpha value is -0.820. The molecule has 0 spiro atoms. The van der Waals surface area contributed by atoms with Crippen molar-refractivity contribution in [1.82, 2.24) is 0 Å². The number of aliphatic hydroxyl groups is 1. The molecular formula is C14H22O. The zero-order valence-electron chi connectivity index (χ0n) is 10.0. The molecule has 0 aromatic heterocycles. The average Bonchev–Trinajstić information content (AvgIpc) is 2.17. The van der Waals surface area contributed by atoms with Gasteiger partial charge < -0.3 is 5.11 Å². The lowest BCUT2D eigenvalue weighted by molar-refractivity contribution is 0.114. The van der Waals surface area contributed by atoms with Gasteiger partial charge in [0.1, 0.15) is 0 Å². The van der Waals surface area contributed by atoms with Crippen molar-refractivity contribution in [3.05, 3.63) is 35.4 Å². The summed E-state index contributed by atoms with van der Waals surface area (Å²) in [6.45, 7) is 6.25. The first-order valence-electron chi connectivity index (χ1n) is 5.83. The molecule has 0 saturated carbocycles. The smallest absolute Gasteiger partial charge is 0.0563 e. The molecule has 0 aliphatic carbocycles. The van der Waals surface area contributed by atoms with Crippen molar-refractivity contribution in [3.8, 4) is 0 Å². The third-order valence-electron chi connectivity index (χ3n) is 2.82. The lowest BCUT2D eigenvalue weighted by Gasteiger charge is -2.13. The Labute approximate surface area is 93.1 Å². The Balaban J connectivity index is 2.32. The third-order valence-corrected chi connectivity index (χ3v) is 2.82. The molecule has 1 aromatic rings. The van der Waals surface area contributed by atoms with E-state index in [4.69, 9.17) is 0 Å². The first kappa shape index (κ1) is 12.3. The molecule has 0 aliphatic rings. The van der Waals surface area contributed by atoms with Crippen molar-refractivity contribution in [2.45, 2.75) is 46.1 Å². The molecule has 1 aromatic carbocycles. The summed E-state index contributed by atoms with van der Waals surface area (Å²) in [7, 11) is 0. The molecule has 0 amide bonds. The number of hydrogen-bond donors (Lipinski definition) is 1. The summed E-state index contributed by atoms with van der Waals surface area (Å²) in [6.07, 6.45) is 2.91. The van der Waals surface area contributed by atoms with Crippen molar-refractivity contribution in [2.75, 3.05) is 0 Å². The molecule has 1 atom stereocenters. The van der Waals surface area contributed by atoms with Crippen molar-refractivity contribution in [1.29, 1.82) is 0 Å². The molecule has 0 aliphatic heterocycles. The highest BCUT2D eigenvalue weighted by molar-refractivity contribution is 5.22. The fourth-order valence-corrected chi connectivity index (χ4v) is 1.72. The van der Waals surface area contributed by atoms with Crippen LogP contribution in [-0.2, 0) is 6.42 Å². The molecule has 1 heteroatoms. The molecule has 0 saturated heterocycles. The van der Waals surface area contributed by atoms with Gasteiger partial charge in [-0.3, -0.25) is 0 Å². The van der Waals surface area contributed by atoms with Crippen LogP contribution in [0.5, 0.6) is 0 Å². The standard InChI is InChI=1S/C14H22O/c1-11(2)14(15)9-5-8-13-7-4-6-12(3)10-13/h4,6-7,10-11,14-15H,5,8-9H2,1-3H3. The topological polar surface area (TPSA) is 20.2 Å². The van der Waals surface area contributed by atoms with Crippen molar-refractivity contribution in [2.24, 2.45) is 5.92 Å². The monoisotopic (exact) mass is 206 g/mol. The van der Waals surface area contributed by atoms with Crippen molar-refractivity contribution < 1.29 is 5.11 Å². The van der Waals surface area contributed by atoms with E-state index in [1.807, 2.05) is 0 Å². The molecular weight excluding hydrogens is 184 g/mol. The fourth-order valence-electron chi connectivity index (χ4n) is 1.72. The minimum atomic E-state index is -0.144. The van der Waals surface area contributed by atoms with E-state index in [2.05, 4.69) is 45.0 Å². The van der Waals surface area contributed by atoms with Crippen LogP contribution in [0.4, 0.5) is 0 Å². The second-order valence-electron chi connectivity index (χ2n) is 4.69. The van der Waals surface area contributed by atoms with E-state index in [0.717, 1.165) is 19.3 Å². The van der Waals surface area contributed by atoms with E-state index in [0.29, 0.717) is 5.92 Å². The number of aryl methyl sites for hydroxylation is 2. The number of hydrogen-bond acceptors (Lipinski definition) is 1. The van der Waals surface area contributed by atoms with Crippen LogP contribution < -0.4 is 0 Å². The van der Waals surface area contributed by atoms with Gasteiger partial charge in [0.05, 0.1) is 6.10 Å². The van der Waals surface area contributed by atoms with Gasteiger partial charge >= 0.3 is 0 Å². The molecule has 0 heterocycles. The van der Waals surface area contributed by atoms with E-state index in [9.17, 15) is 5.11 Å². The highest BCUT2D eigenvalue weighted by atomic mass is 16.3. The highest BCUT2D eigenvalue weighted by Crippen LogP contribution is 2.12. The normalized spacial score (nSPS) is 13.1. The summed E-state index contributed by atoms with van der Waals surface area (Å²) in [5, 5.41) is 9.66. The minimum absolute atomic E-state index is 0.144. The molecule has 1 rings (SSSR count). The van der Waals surface area contributed by atoms with Crippen LogP contribution in [0.1, 0.15) is 37.8 Å². The second kappa shape index (κ2) is 5.92. The number of aliphatic hydroxyl groups excluding tert-OH is 1. The van der Waals surface area contributed by atoms with Gasteiger partial charge in [-0.1, -0.05) is 43.7 Å². The van der Waals surface area contributed by atoms with Crippen LogP contribution in [0, 0.1) is 12.8 Å². The van der Waals surface area contributed by atoms with Gasteiger partial charge in [-0.25, -0.2) is 0 Å². The SMILES string of the molecule is Cc1cccc(CCCC(O)C(C)C)c1. The van der Waals surface area contributed by atoms with Gasteiger partial charge in [0.2, 0.25) is 0 Å². The Bertz CT molecular complexity index is 291. The lowest BCUT2D eigenvalue weighted by Crippen LogP contribution is -2.14. The number of rotatable bonds is 5. The van der Waals surface area contributed by atoms with E-state index < -0.39 is 0 Å². The molecule has 0 bridgehead atoms. The van der Waals surface area contributed by atoms with E-state index >= 15 is 0 Å². The maximum Gasteiger partial charge on any atom is 0.0563 e. The van der Waals surface area contributed by atoms with Crippen LogP contribution >= 0.6 is 0 Å².